The summed E-state index contributed by atoms with van der Waals surface area (Å²) in [6, 6.07) is 3.79. The van der Waals surface area contributed by atoms with Crippen molar-refractivity contribution in [1.82, 2.24) is 10.3 Å². The lowest BCUT2D eigenvalue weighted by molar-refractivity contribution is -0.179. The summed E-state index contributed by atoms with van der Waals surface area (Å²) in [5, 5.41) is 3.01. The number of nitrogens with one attached hydrogen (secondary N) is 1. The second kappa shape index (κ2) is 5.77. The van der Waals surface area contributed by atoms with E-state index in [1.807, 2.05) is 24.1 Å². The summed E-state index contributed by atoms with van der Waals surface area (Å²) in [6.45, 7) is 1.56. The fourth-order valence-electron chi connectivity index (χ4n) is 2.40. The van der Waals surface area contributed by atoms with Crippen LogP contribution in [0.2, 0.25) is 0 Å². The van der Waals surface area contributed by atoms with E-state index >= 15 is 0 Å². The molecule has 106 valence electrons. The molecule has 0 aromatic carbocycles. The molecule has 6 heteroatoms. The van der Waals surface area contributed by atoms with Crippen molar-refractivity contribution >= 4 is 5.69 Å². The third-order valence-electron chi connectivity index (χ3n) is 3.48. The summed E-state index contributed by atoms with van der Waals surface area (Å²) in [7, 11) is 1.84. The zero-order valence-corrected chi connectivity index (χ0v) is 10.9. The monoisotopic (exact) mass is 273 g/mol. The summed E-state index contributed by atoms with van der Waals surface area (Å²) in [5.74, 6) is -1.15. The molecule has 2 rings (SSSR count). The van der Waals surface area contributed by atoms with E-state index in [2.05, 4.69) is 10.3 Å². The molecule has 3 nitrogen and oxygen atoms in total. The molecule has 0 atom stereocenters. The van der Waals surface area contributed by atoms with Crippen LogP contribution in [0.5, 0.6) is 0 Å². The highest BCUT2D eigenvalue weighted by atomic mass is 19.4. The lowest BCUT2D eigenvalue weighted by atomic mass is 9.96. The molecule has 0 unspecified atom stereocenters. The zero-order chi connectivity index (χ0) is 13.9. The van der Waals surface area contributed by atoms with Gasteiger partial charge in [-0.25, -0.2) is 0 Å². The van der Waals surface area contributed by atoms with Gasteiger partial charge in [0.1, 0.15) is 0 Å². The topological polar surface area (TPSA) is 28.2 Å². The van der Waals surface area contributed by atoms with Gasteiger partial charge in [0, 0.05) is 31.5 Å². The summed E-state index contributed by atoms with van der Waals surface area (Å²) in [5.41, 5.74) is 1.86. The molecule has 1 saturated heterocycles. The Morgan fingerprint density at radius 3 is 2.63 bits per heavy atom. The molecule has 1 aliphatic rings. The number of pyridine rings is 1. The molecule has 1 N–H and O–H groups in total. The van der Waals surface area contributed by atoms with Gasteiger partial charge in [0.15, 0.2) is 0 Å². The molecule has 1 aromatic heterocycles. The van der Waals surface area contributed by atoms with Crippen LogP contribution in [0.1, 0.15) is 18.5 Å². The van der Waals surface area contributed by atoms with E-state index in [0.717, 1.165) is 11.4 Å². The Kier molecular flexibility index (Phi) is 4.29. The SMILES string of the molecule is CNCc1cc(N2CCC(C(F)(F)F)CC2)ccn1. The Hall–Kier alpha value is -1.30. The van der Waals surface area contributed by atoms with Gasteiger partial charge in [0.2, 0.25) is 0 Å². The smallest absolute Gasteiger partial charge is 0.371 e. The minimum absolute atomic E-state index is 0.174. The minimum Gasteiger partial charge on any atom is -0.371 e. The molecule has 0 saturated carbocycles. The van der Waals surface area contributed by atoms with Gasteiger partial charge in [0.25, 0.3) is 0 Å². The number of anilines is 1. The average Bonchev–Trinajstić information content (AvgIpc) is 2.39. The summed E-state index contributed by atoms with van der Waals surface area (Å²) < 4.78 is 37.8. The molecular formula is C13H18F3N3. The lowest BCUT2D eigenvalue weighted by Gasteiger charge is -2.34. The Morgan fingerprint density at radius 1 is 1.37 bits per heavy atom. The predicted octanol–water partition coefficient (Wildman–Crippen LogP) is 2.58. The van der Waals surface area contributed by atoms with Crippen molar-refractivity contribution in [3.63, 3.8) is 0 Å². The van der Waals surface area contributed by atoms with Crippen LogP contribution in [0.25, 0.3) is 0 Å². The van der Waals surface area contributed by atoms with Gasteiger partial charge < -0.3 is 10.2 Å². The molecule has 0 radical (unpaired) electrons. The normalized spacial score (nSPS) is 17.8. The van der Waals surface area contributed by atoms with Crippen molar-refractivity contribution < 1.29 is 13.2 Å². The third kappa shape index (κ3) is 3.59. The molecule has 0 bridgehead atoms. The molecule has 0 aliphatic carbocycles. The van der Waals surface area contributed by atoms with E-state index in [9.17, 15) is 13.2 Å². The minimum atomic E-state index is -4.05. The number of rotatable bonds is 3. The quantitative estimate of drug-likeness (QED) is 0.917. The summed E-state index contributed by atoms with van der Waals surface area (Å²) >= 11 is 0. The van der Waals surface area contributed by atoms with E-state index in [4.69, 9.17) is 0 Å². The molecule has 2 heterocycles. The van der Waals surface area contributed by atoms with Gasteiger partial charge in [-0.15, -0.1) is 0 Å². The van der Waals surface area contributed by atoms with Crippen LogP contribution >= 0.6 is 0 Å². The first-order valence-electron chi connectivity index (χ1n) is 6.42. The Morgan fingerprint density at radius 2 is 2.05 bits per heavy atom. The van der Waals surface area contributed by atoms with Crippen LogP contribution in [0.4, 0.5) is 18.9 Å². The fourth-order valence-corrected chi connectivity index (χ4v) is 2.40. The maximum atomic E-state index is 12.6. The summed E-state index contributed by atoms with van der Waals surface area (Å²) in [4.78, 5) is 6.21. The first kappa shape index (κ1) is 14.1. The van der Waals surface area contributed by atoms with Crippen LogP contribution in [-0.2, 0) is 6.54 Å². The van der Waals surface area contributed by atoms with Crippen LogP contribution in [0.15, 0.2) is 18.3 Å². The van der Waals surface area contributed by atoms with Crippen LogP contribution in [-0.4, -0.2) is 31.3 Å². The number of aromatic nitrogens is 1. The van der Waals surface area contributed by atoms with Crippen LogP contribution in [0, 0.1) is 5.92 Å². The highest BCUT2D eigenvalue weighted by Gasteiger charge is 2.41. The maximum absolute atomic E-state index is 12.6. The highest BCUT2D eigenvalue weighted by molar-refractivity contribution is 5.46. The first-order valence-corrected chi connectivity index (χ1v) is 6.42. The number of nitrogens with zero attached hydrogens (tertiary/aromatic N) is 2. The fraction of sp³-hybridized carbons (Fsp3) is 0.615. The largest absolute Gasteiger partial charge is 0.391 e. The number of halogens is 3. The van der Waals surface area contributed by atoms with E-state index < -0.39 is 12.1 Å². The van der Waals surface area contributed by atoms with Crippen molar-refractivity contribution in [3.8, 4) is 0 Å². The molecule has 19 heavy (non-hydrogen) atoms. The zero-order valence-electron chi connectivity index (χ0n) is 10.9. The Labute approximate surface area is 110 Å². The lowest BCUT2D eigenvalue weighted by Crippen LogP contribution is -2.39. The first-order chi connectivity index (χ1) is 9.00. The maximum Gasteiger partial charge on any atom is 0.391 e. The average molecular weight is 273 g/mol. The van der Waals surface area contributed by atoms with Gasteiger partial charge >= 0.3 is 6.18 Å². The van der Waals surface area contributed by atoms with Gasteiger partial charge in [0.05, 0.1) is 11.6 Å². The second-order valence-corrected chi connectivity index (χ2v) is 4.84. The molecular weight excluding hydrogens is 255 g/mol. The molecule has 1 aliphatic heterocycles. The van der Waals surface area contributed by atoms with Crippen molar-refractivity contribution in [2.24, 2.45) is 5.92 Å². The Balaban J connectivity index is 1.99. The van der Waals surface area contributed by atoms with Crippen molar-refractivity contribution in [3.05, 3.63) is 24.0 Å². The second-order valence-electron chi connectivity index (χ2n) is 4.84. The molecule has 1 fully saturated rings. The van der Waals surface area contributed by atoms with E-state index in [1.54, 1.807) is 6.20 Å². The van der Waals surface area contributed by atoms with Crippen molar-refractivity contribution in [1.29, 1.82) is 0 Å². The highest BCUT2D eigenvalue weighted by Crippen LogP contribution is 2.35. The standard InChI is InChI=1S/C13H18F3N3/c1-17-9-11-8-12(2-5-18-11)19-6-3-10(4-7-19)13(14,15)16/h2,5,8,10,17H,3-4,6-7,9H2,1H3. The van der Waals surface area contributed by atoms with E-state index in [1.165, 1.54) is 0 Å². The molecule has 0 amide bonds. The number of alkyl halides is 3. The number of hydrogen-bond donors (Lipinski definition) is 1. The van der Waals surface area contributed by atoms with Gasteiger partial charge in [-0.2, -0.15) is 13.2 Å². The van der Waals surface area contributed by atoms with E-state index in [0.29, 0.717) is 19.6 Å². The number of hydrogen-bond acceptors (Lipinski definition) is 3. The van der Waals surface area contributed by atoms with Crippen LogP contribution < -0.4 is 10.2 Å². The molecule has 0 spiro atoms. The van der Waals surface area contributed by atoms with E-state index in [-0.39, 0.29) is 12.8 Å². The summed E-state index contributed by atoms with van der Waals surface area (Å²) in [6.07, 6.45) is -2.00. The Bertz CT molecular complexity index is 412. The predicted molar refractivity (Wildman–Crippen MR) is 68.0 cm³/mol. The number of piperidine rings is 1. The van der Waals surface area contributed by atoms with Crippen LogP contribution in [0.3, 0.4) is 0 Å². The van der Waals surface area contributed by atoms with Crippen molar-refractivity contribution in [2.75, 3.05) is 25.0 Å². The van der Waals surface area contributed by atoms with Gasteiger partial charge in [-0.3, -0.25) is 4.98 Å². The molecule has 1 aromatic rings. The third-order valence-corrected chi connectivity index (χ3v) is 3.48. The van der Waals surface area contributed by atoms with Gasteiger partial charge in [-0.1, -0.05) is 0 Å². The van der Waals surface area contributed by atoms with Crippen molar-refractivity contribution in [2.45, 2.75) is 25.6 Å². The van der Waals surface area contributed by atoms with Gasteiger partial charge in [-0.05, 0) is 32.0 Å².